The third-order valence-electron chi connectivity index (χ3n) is 5.22. The van der Waals surface area contributed by atoms with Crippen LogP contribution in [0.5, 0.6) is 0 Å². The normalized spacial score (nSPS) is 11.2. The number of ketones is 1. The molecule has 1 heterocycles. The van der Waals surface area contributed by atoms with Crippen LogP contribution in [0.4, 0.5) is 10.2 Å². The number of nitrogens with zero attached hydrogens (tertiary/aromatic N) is 2. The molecular formula is C25H18FN3O3S. The summed E-state index contributed by atoms with van der Waals surface area (Å²) >= 11 is 0. The molecule has 0 atom stereocenters. The number of aryl methyl sites for hydroxylation is 1. The van der Waals surface area contributed by atoms with Gasteiger partial charge in [0.1, 0.15) is 29.0 Å². The van der Waals surface area contributed by atoms with Crippen molar-refractivity contribution in [2.24, 2.45) is 0 Å². The summed E-state index contributed by atoms with van der Waals surface area (Å²) in [6.45, 7) is 1.81. The van der Waals surface area contributed by atoms with E-state index in [1.54, 1.807) is 30.3 Å². The van der Waals surface area contributed by atoms with Crippen molar-refractivity contribution in [1.29, 1.82) is 5.26 Å². The van der Waals surface area contributed by atoms with Crippen LogP contribution in [-0.4, -0.2) is 18.2 Å². The van der Waals surface area contributed by atoms with Gasteiger partial charge in [-0.3, -0.25) is 4.79 Å². The molecule has 4 aromatic rings. The first-order valence-corrected chi connectivity index (χ1v) is 11.3. The summed E-state index contributed by atoms with van der Waals surface area (Å²) in [7, 11) is -4.35. The van der Waals surface area contributed by atoms with Crippen LogP contribution in [0.25, 0.3) is 11.1 Å². The fraction of sp³-hybridized carbons (Fsp3) is 0.0400. The van der Waals surface area contributed by atoms with E-state index in [1.807, 2.05) is 13.0 Å². The Hall–Kier alpha value is -4.22. The van der Waals surface area contributed by atoms with Crippen molar-refractivity contribution < 1.29 is 17.6 Å². The summed E-state index contributed by atoms with van der Waals surface area (Å²) in [4.78, 5) is 13.5. The molecule has 4 rings (SSSR count). The number of hydrogen-bond donors (Lipinski definition) is 1. The minimum atomic E-state index is -4.35. The summed E-state index contributed by atoms with van der Waals surface area (Å²) in [5.41, 5.74) is 7.09. The molecule has 0 saturated carbocycles. The number of aromatic nitrogens is 1. The highest BCUT2D eigenvalue weighted by molar-refractivity contribution is 7.90. The number of carbonyl (C=O) groups excluding carboxylic acids is 1. The Bertz CT molecular complexity index is 1500. The number of carbonyl (C=O) groups is 1. The van der Waals surface area contributed by atoms with Crippen molar-refractivity contribution in [1.82, 2.24) is 3.97 Å². The fourth-order valence-electron chi connectivity index (χ4n) is 3.58. The number of nitrogen functional groups attached to an aromatic ring is 1. The molecule has 0 aliphatic rings. The van der Waals surface area contributed by atoms with Crippen LogP contribution >= 0.6 is 0 Å². The van der Waals surface area contributed by atoms with Crippen LogP contribution in [0.3, 0.4) is 0 Å². The molecule has 0 aliphatic carbocycles. The van der Waals surface area contributed by atoms with Crippen LogP contribution < -0.4 is 5.73 Å². The van der Waals surface area contributed by atoms with Crippen LogP contribution in [0.15, 0.2) is 83.8 Å². The molecule has 0 fully saturated rings. The maximum atomic E-state index is 13.7. The van der Waals surface area contributed by atoms with Gasteiger partial charge in [-0.15, -0.1) is 0 Å². The van der Waals surface area contributed by atoms with Gasteiger partial charge in [-0.2, -0.15) is 5.26 Å². The fourth-order valence-corrected chi connectivity index (χ4v) is 5.03. The monoisotopic (exact) mass is 459 g/mol. The third-order valence-corrected chi connectivity index (χ3v) is 6.95. The van der Waals surface area contributed by atoms with E-state index in [0.717, 1.165) is 17.7 Å². The zero-order chi connectivity index (χ0) is 23.8. The lowest BCUT2D eigenvalue weighted by Crippen LogP contribution is -2.21. The van der Waals surface area contributed by atoms with Gasteiger partial charge in [0.15, 0.2) is 0 Å². The van der Waals surface area contributed by atoms with E-state index in [-0.39, 0.29) is 32.8 Å². The van der Waals surface area contributed by atoms with Gasteiger partial charge < -0.3 is 5.73 Å². The van der Waals surface area contributed by atoms with Gasteiger partial charge in [-0.05, 0) is 36.8 Å². The van der Waals surface area contributed by atoms with E-state index in [1.165, 1.54) is 36.4 Å². The van der Waals surface area contributed by atoms with E-state index in [4.69, 9.17) is 5.73 Å². The number of hydrogen-bond acceptors (Lipinski definition) is 5. The molecule has 0 unspecified atom stereocenters. The number of halogens is 1. The third kappa shape index (κ3) is 3.79. The number of nitrogens with two attached hydrogens (primary N) is 1. The molecule has 0 saturated heterocycles. The summed E-state index contributed by atoms with van der Waals surface area (Å²) in [5, 5.41) is 9.85. The molecule has 6 nitrogen and oxygen atoms in total. The maximum absolute atomic E-state index is 13.7. The zero-order valence-electron chi connectivity index (χ0n) is 17.5. The first-order chi connectivity index (χ1) is 15.8. The van der Waals surface area contributed by atoms with Crippen LogP contribution in [-0.2, 0) is 10.0 Å². The predicted molar refractivity (Wildman–Crippen MR) is 123 cm³/mol. The molecule has 2 N–H and O–H groups in total. The largest absolute Gasteiger partial charge is 0.383 e. The summed E-state index contributed by atoms with van der Waals surface area (Å²) in [6, 6.07) is 21.1. The lowest BCUT2D eigenvalue weighted by Gasteiger charge is -2.13. The second-order valence-electron chi connectivity index (χ2n) is 7.38. The Morgan fingerprint density at radius 1 is 0.970 bits per heavy atom. The summed E-state index contributed by atoms with van der Waals surface area (Å²) < 4.78 is 41.6. The standard InChI is InChI=1S/C25H18FN3O3S/c1-16-7-13-20(14-8-16)33(31,32)29-23(24(30)18-5-3-2-4-6-18)22(21(15-27)25(29)28)17-9-11-19(26)12-10-17/h2-14H,28H2,1H3. The van der Waals surface area contributed by atoms with Gasteiger partial charge in [0.05, 0.1) is 4.90 Å². The molecule has 0 spiro atoms. The van der Waals surface area contributed by atoms with Gasteiger partial charge in [-0.25, -0.2) is 16.8 Å². The average molecular weight is 460 g/mol. The Labute approximate surface area is 190 Å². The number of anilines is 1. The Balaban J connectivity index is 2.11. The first-order valence-electron chi connectivity index (χ1n) is 9.88. The van der Waals surface area contributed by atoms with Crippen LogP contribution in [0, 0.1) is 24.1 Å². The van der Waals surface area contributed by atoms with Gasteiger partial charge >= 0.3 is 0 Å². The highest BCUT2D eigenvalue weighted by atomic mass is 32.2. The molecule has 33 heavy (non-hydrogen) atoms. The number of rotatable bonds is 5. The van der Waals surface area contributed by atoms with Gasteiger partial charge in [0.2, 0.25) is 5.78 Å². The molecule has 0 radical (unpaired) electrons. The van der Waals surface area contributed by atoms with Crippen molar-refractivity contribution in [2.45, 2.75) is 11.8 Å². The molecule has 3 aromatic carbocycles. The Morgan fingerprint density at radius 3 is 2.15 bits per heavy atom. The van der Waals surface area contributed by atoms with Crippen molar-refractivity contribution in [3.8, 4) is 17.2 Å². The molecule has 8 heteroatoms. The minimum absolute atomic E-state index is 0.0274. The summed E-state index contributed by atoms with van der Waals surface area (Å²) in [5.74, 6) is -1.55. The van der Waals surface area contributed by atoms with Crippen molar-refractivity contribution in [2.75, 3.05) is 5.73 Å². The second kappa shape index (κ2) is 8.37. The van der Waals surface area contributed by atoms with Crippen molar-refractivity contribution in [3.63, 3.8) is 0 Å². The smallest absolute Gasteiger partial charge is 0.270 e. The van der Waals surface area contributed by atoms with E-state index < -0.39 is 27.4 Å². The van der Waals surface area contributed by atoms with Gasteiger partial charge in [0.25, 0.3) is 10.0 Å². The lowest BCUT2D eigenvalue weighted by atomic mass is 9.97. The number of nitriles is 1. The lowest BCUT2D eigenvalue weighted by molar-refractivity contribution is 0.103. The second-order valence-corrected chi connectivity index (χ2v) is 9.17. The molecule has 0 aliphatic heterocycles. The van der Waals surface area contributed by atoms with Crippen LogP contribution in [0.1, 0.15) is 27.2 Å². The predicted octanol–water partition coefficient (Wildman–Crippen LogP) is 4.52. The quantitative estimate of drug-likeness (QED) is 0.442. The van der Waals surface area contributed by atoms with Gasteiger partial charge in [0, 0.05) is 11.1 Å². The highest BCUT2D eigenvalue weighted by Gasteiger charge is 2.34. The van der Waals surface area contributed by atoms with E-state index in [0.29, 0.717) is 3.97 Å². The zero-order valence-corrected chi connectivity index (χ0v) is 18.3. The molecular weight excluding hydrogens is 441 g/mol. The van der Waals surface area contributed by atoms with Crippen molar-refractivity contribution in [3.05, 3.63) is 107 Å². The van der Waals surface area contributed by atoms with Gasteiger partial charge in [-0.1, -0.05) is 60.2 Å². The van der Waals surface area contributed by atoms with Crippen molar-refractivity contribution >= 4 is 21.6 Å². The van der Waals surface area contributed by atoms with E-state index >= 15 is 0 Å². The molecule has 1 aromatic heterocycles. The van der Waals surface area contributed by atoms with E-state index in [2.05, 4.69) is 0 Å². The van der Waals surface area contributed by atoms with E-state index in [9.17, 15) is 22.9 Å². The van der Waals surface area contributed by atoms with Crippen LogP contribution in [0.2, 0.25) is 0 Å². The number of benzene rings is 3. The maximum Gasteiger partial charge on any atom is 0.270 e. The molecule has 0 bridgehead atoms. The molecule has 0 amide bonds. The molecule has 164 valence electrons. The minimum Gasteiger partial charge on any atom is -0.383 e. The SMILES string of the molecule is Cc1ccc(S(=O)(=O)n2c(N)c(C#N)c(-c3ccc(F)cc3)c2C(=O)c2ccccc2)cc1. The summed E-state index contributed by atoms with van der Waals surface area (Å²) in [6.07, 6.45) is 0. The first kappa shape index (κ1) is 22.0. The average Bonchev–Trinajstić information content (AvgIpc) is 3.12. The topological polar surface area (TPSA) is 106 Å². The Kier molecular flexibility index (Phi) is 5.58. The Morgan fingerprint density at radius 2 is 1.58 bits per heavy atom. The highest BCUT2D eigenvalue weighted by Crippen LogP contribution is 2.38.